The third-order valence-electron chi connectivity index (χ3n) is 4.76. The maximum atomic E-state index is 12.2. The molecule has 1 atom stereocenters. The Morgan fingerprint density at radius 1 is 1.16 bits per heavy atom. The molecule has 0 saturated carbocycles. The molecule has 0 unspecified atom stereocenters. The number of pyridine rings is 1. The highest BCUT2D eigenvalue weighted by molar-refractivity contribution is 5.66. The van der Waals surface area contributed by atoms with Crippen molar-refractivity contribution in [3.05, 3.63) is 77.6 Å². The highest BCUT2D eigenvalue weighted by Gasteiger charge is 2.12. The van der Waals surface area contributed by atoms with Crippen LogP contribution in [0.3, 0.4) is 0 Å². The Morgan fingerprint density at radius 2 is 2.10 bits per heavy atom. The highest BCUT2D eigenvalue weighted by Crippen LogP contribution is 2.25. The summed E-state index contributed by atoms with van der Waals surface area (Å²) in [4.78, 5) is 19.3. The van der Waals surface area contributed by atoms with Crippen LogP contribution in [0.4, 0.5) is 0 Å². The molecule has 0 amide bonds. The van der Waals surface area contributed by atoms with Gasteiger partial charge < -0.3 is 9.72 Å². The van der Waals surface area contributed by atoms with Gasteiger partial charge in [0.2, 0.25) is 0 Å². The van der Waals surface area contributed by atoms with Gasteiger partial charge in [-0.25, -0.2) is 14.2 Å². The van der Waals surface area contributed by atoms with Gasteiger partial charge in [0.15, 0.2) is 5.65 Å². The van der Waals surface area contributed by atoms with Crippen molar-refractivity contribution >= 4 is 5.65 Å². The van der Waals surface area contributed by atoms with Crippen LogP contribution in [-0.2, 0) is 6.54 Å². The molecule has 10 nitrogen and oxygen atoms in total. The lowest BCUT2D eigenvalue weighted by molar-refractivity contribution is 0.193. The second kappa shape index (κ2) is 7.82. The number of rotatable bonds is 6. The van der Waals surface area contributed by atoms with Gasteiger partial charge in [-0.2, -0.15) is 5.10 Å². The zero-order chi connectivity index (χ0) is 21.2. The van der Waals surface area contributed by atoms with Gasteiger partial charge in [-0.1, -0.05) is 12.1 Å². The topological polar surface area (TPSA) is 116 Å². The molecule has 5 aromatic rings. The normalized spacial score (nSPS) is 12.2. The summed E-state index contributed by atoms with van der Waals surface area (Å²) in [5, 5.41) is 15.8. The van der Waals surface area contributed by atoms with E-state index in [1.54, 1.807) is 40.1 Å². The number of aromatic amines is 1. The molecule has 0 saturated heterocycles. The van der Waals surface area contributed by atoms with Crippen molar-refractivity contribution in [2.24, 2.45) is 0 Å². The average Bonchev–Trinajstić information content (AvgIpc) is 3.43. The van der Waals surface area contributed by atoms with E-state index in [4.69, 9.17) is 9.84 Å². The molecule has 1 N–H and O–H groups in total. The van der Waals surface area contributed by atoms with Crippen LogP contribution in [-0.4, -0.2) is 45.9 Å². The molecule has 10 heteroatoms. The number of nitrogens with zero attached hydrogens (tertiary/aromatic N) is 7. The first-order valence-electron chi connectivity index (χ1n) is 9.68. The maximum absolute atomic E-state index is 12.2. The fourth-order valence-electron chi connectivity index (χ4n) is 3.36. The number of tetrazole rings is 1. The van der Waals surface area contributed by atoms with Crippen molar-refractivity contribution in [1.82, 2.24) is 39.8 Å². The van der Waals surface area contributed by atoms with Crippen LogP contribution in [0.15, 0.2) is 72.0 Å². The summed E-state index contributed by atoms with van der Waals surface area (Å²) < 4.78 is 9.32. The van der Waals surface area contributed by atoms with E-state index in [2.05, 4.69) is 25.5 Å². The predicted molar refractivity (Wildman–Crippen MR) is 112 cm³/mol. The SMILES string of the molecule is C[C@@H](Cn1cnnn1)Oc1cccc(-c2ccc3ncc(-c4ccc[nH]c4=O)n3n2)c1. The molecule has 5 rings (SSSR count). The predicted octanol–water partition coefficient (Wildman–Crippen LogP) is 2.21. The summed E-state index contributed by atoms with van der Waals surface area (Å²) in [7, 11) is 0. The number of benzene rings is 1. The third-order valence-corrected chi connectivity index (χ3v) is 4.76. The largest absolute Gasteiger partial charge is 0.489 e. The standard InChI is InChI=1S/C21H18N8O2/c1-14(12-28-13-24-26-27-28)31-16-5-2-4-15(10-16)18-7-8-20-23-11-19(29(20)25-18)17-6-3-9-22-21(17)30/h2-11,13-14H,12H2,1H3,(H,22,30)/t14-/m0/s1. The van der Waals surface area contributed by atoms with Gasteiger partial charge in [-0.05, 0) is 53.7 Å². The van der Waals surface area contributed by atoms with Crippen LogP contribution in [0.1, 0.15) is 6.92 Å². The second-order valence-electron chi connectivity index (χ2n) is 7.03. The van der Waals surface area contributed by atoms with E-state index in [9.17, 15) is 4.79 Å². The molecule has 0 aliphatic rings. The van der Waals surface area contributed by atoms with Crippen LogP contribution in [0.2, 0.25) is 0 Å². The van der Waals surface area contributed by atoms with Gasteiger partial charge in [0, 0.05) is 11.8 Å². The van der Waals surface area contributed by atoms with Crippen LogP contribution in [0, 0.1) is 0 Å². The minimum atomic E-state index is -0.191. The van der Waals surface area contributed by atoms with Crippen molar-refractivity contribution in [3.63, 3.8) is 0 Å². The lowest BCUT2D eigenvalue weighted by Gasteiger charge is -2.15. The molecule has 0 spiro atoms. The Hall–Kier alpha value is -4.34. The van der Waals surface area contributed by atoms with Gasteiger partial charge in [0.05, 0.1) is 29.7 Å². The Morgan fingerprint density at radius 3 is 2.94 bits per heavy atom. The van der Waals surface area contributed by atoms with Gasteiger partial charge in [0.25, 0.3) is 5.56 Å². The first kappa shape index (κ1) is 18.7. The fraction of sp³-hybridized carbons (Fsp3) is 0.143. The van der Waals surface area contributed by atoms with E-state index in [1.165, 1.54) is 0 Å². The van der Waals surface area contributed by atoms with Crippen LogP contribution >= 0.6 is 0 Å². The highest BCUT2D eigenvalue weighted by atomic mass is 16.5. The molecule has 0 fully saturated rings. The Labute approximate surface area is 176 Å². The first-order chi connectivity index (χ1) is 15.2. The van der Waals surface area contributed by atoms with E-state index >= 15 is 0 Å². The van der Waals surface area contributed by atoms with E-state index in [0.29, 0.717) is 29.2 Å². The third kappa shape index (κ3) is 3.78. The lowest BCUT2D eigenvalue weighted by atomic mass is 10.1. The number of hydrogen-bond acceptors (Lipinski definition) is 7. The van der Waals surface area contributed by atoms with Gasteiger partial charge in [-0.3, -0.25) is 4.79 Å². The van der Waals surface area contributed by atoms with E-state index < -0.39 is 0 Å². The quantitative estimate of drug-likeness (QED) is 0.453. The van der Waals surface area contributed by atoms with Gasteiger partial charge >= 0.3 is 0 Å². The number of hydrogen-bond donors (Lipinski definition) is 1. The number of H-pyrrole nitrogens is 1. The maximum Gasteiger partial charge on any atom is 0.257 e. The van der Waals surface area contributed by atoms with Gasteiger partial charge in [0.1, 0.15) is 18.2 Å². The fourth-order valence-corrected chi connectivity index (χ4v) is 3.36. The molecular formula is C21H18N8O2. The monoisotopic (exact) mass is 414 g/mol. The van der Waals surface area contributed by atoms with E-state index in [0.717, 1.165) is 11.3 Å². The van der Waals surface area contributed by atoms with Crippen LogP contribution in [0.5, 0.6) is 5.75 Å². The van der Waals surface area contributed by atoms with E-state index in [-0.39, 0.29) is 11.7 Å². The molecule has 4 heterocycles. The van der Waals surface area contributed by atoms with Crippen LogP contribution in [0.25, 0.3) is 28.2 Å². The van der Waals surface area contributed by atoms with Crippen molar-refractivity contribution < 1.29 is 4.74 Å². The number of ether oxygens (including phenoxy) is 1. The van der Waals surface area contributed by atoms with Crippen molar-refractivity contribution in [3.8, 4) is 28.3 Å². The summed E-state index contributed by atoms with van der Waals surface area (Å²) in [6.45, 7) is 2.49. The molecule has 4 aromatic heterocycles. The Bertz CT molecular complexity index is 1390. The molecule has 0 bridgehead atoms. The van der Waals surface area contributed by atoms with Crippen molar-refractivity contribution in [2.45, 2.75) is 19.6 Å². The number of aromatic nitrogens is 8. The zero-order valence-corrected chi connectivity index (χ0v) is 16.6. The smallest absolute Gasteiger partial charge is 0.257 e. The molecule has 154 valence electrons. The Kier molecular flexibility index (Phi) is 4.71. The molecule has 0 radical (unpaired) electrons. The van der Waals surface area contributed by atoms with Crippen molar-refractivity contribution in [2.75, 3.05) is 0 Å². The lowest BCUT2D eigenvalue weighted by Crippen LogP contribution is -2.20. The second-order valence-corrected chi connectivity index (χ2v) is 7.03. The minimum absolute atomic E-state index is 0.126. The number of fused-ring (bicyclic) bond motifs is 1. The summed E-state index contributed by atoms with van der Waals surface area (Å²) in [5.41, 5.74) is 3.22. The molecular weight excluding hydrogens is 396 g/mol. The number of imidazole rings is 1. The number of nitrogens with one attached hydrogen (secondary N) is 1. The summed E-state index contributed by atoms with van der Waals surface area (Å²) >= 11 is 0. The molecule has 0 aliphatic carbocycles. The zero-order valence-electron chi connectivity index (χ0n) is 16.6. The average molecular weight is 414 g/mol. The molecule has 0 aliphatic heterocycles. The summed E-state index contributed by atoms with van der Waals surface area (Å²) in [6.07, 6.45) is 4.67. The molecule has 31 heavy (non-hydrogen) atoms. The Balaban J connectivity index is 1.45. The first-order valence-corrected chi connectivity index (χ1v) is 9.68. The molecule has 1 aromatic carbocycles. The minimum Gasteiger partial charge on any atom is -0.489 e. The van der Waals surface area contributed by atoms with Crippen molar-refractivity contribution in [1.29, 1.82) is 0 Å². The van der Waals surface area contributed by atoms with Crippen LogP contribution < -0.4 is 10.3 Å². The summed E-state index contributed by atoms with van der Waals surface area (Å²) in [5.74, 6) is 0.713. The van der Waals surface area contributed by atoms with E-state index in [1.807, 2.05) is 43.3 Å². The van der Waals surface area contributed by atoms with Gasteiger partial charge in [-0.15, -0.1) is 5.10 Å². The summed E-state index contributed by atoms with van der Waals surface area (Å²) in [6, 6.07) is 15.0.